The molecule has 0 aliphatic carbocycles. The summed E-state index contributed by atoms with van der Waals surface area (Å²) >= 11 is 10.9. The Hall–Kier alpha value is -2.09. The highest BCUT2D eigenvalue weighted by Gasteiger charge is 2.11. The van der Waals surface area contributed by atoms with Crippen molar-refractivity contribution in [2.45, 2.75) is 5.75 Å². The number of aromatic nitrogens is 1. The van der Waals surface area contributed by atoms with Gasteiger partial charge in [0.1, 0.15) is 5.69 Å². The maximum Gasteiger partial charge on any atom is 0.250 e. The number of hydrazone groups is 1. The molecule has 0 atom stereocenters. The standard InChI is InChI=1S/C19H15BrClN3O2S/c20-15-8-6-13(7-9-15)11-27-12-17(25)24-22-10-16-18(21)26-19(23-16)14-4-2-1-3-5-14/h1-10H,11-12H2,(H,24,25)/b22-10-. The third-order valence-corrected chi connectivity index (χ3v) is 5.22. The van der Waals surface area contributed by atoms with Crippen LogP contribution in [0.1, 0.15) is 11.3 Å². The van der Waals surface area contributed by atoms with E-state index in [0.29, 0.717) is 17.3 Å². The lowest BCUT2D eigenvalue weighted by Crippen LogP contribution is -2.19. The number of halogens is 2. The molecule has 5 nitrogen and oxygen atoms in total. The summed E-state index contributed by atoms with van der Waals surface area (Å²) in [5, 5.41) is 4.02. The molecule has 138 valence electrons. The second-order valence-corrected chi connectivity index (χ2v) is 7.70. The first-order chi connectivity index (χ1) is 13.1. The Labute approximate surface area is 174 Å². The molecule has 0 aliphatic heterocycles. The molecule has 1 aromatic heterocycles. The van der Waals surface area contributed by atoms with Crippen LogP contribution >= 0.6 is 39.3 Å². The zero-order valence-corrected chi connectivity index (χ0v) is 17.2. The van der Waals surface area contributed by atoms with Gasteiger partial charge in [-0.15, -0.1) is 11.8 Å². The third kappa shape index (κ3) is 5.95. The molecule has 0 radical (unpaired) electrons. The van der Waals surface area contributed by atoms with Crippen molar-refractivity contribution in [2.24, 2.45) is 5.10 Å². The summed E-state index contributed by atoms with van der Waals surface area (Å²) in [6, 6.07) is 17.4. The highest BCUT2D eigenvalue weighted by Crippen LogP contribution is 2.24. The van der Waals surface area contributed by atoms with E-state index in [9.17, 15) is 4.79 Å². The fourth-order valence-corrected chi connectivity index (χ4v) is 3.35. The summed E-state index contributed by atoms with van der Waals surface area (Å²) < 4.78 is 6.46. The number of carbonyl (C=O) groups excluding carboxylic acids is 1. The number of thioether (sulfide) groups is 1. The Kier molecular flexibility index (Phi) is 7.09. The Bertz CT molecular complexity index is 930. The van der Waals surface area contributed by atoms with Crippen LogP contribution in [0.4, 0.5) is 0 Å². The van der Waals surface area contributed by atoms with E-state index in [2.05, 4.69) is 31.4 Å². The van der Waals surface area contributed by atoms with Gasteiger partial charge in [0, 0.05) is 15.8 Å². The average molecular weight is 465 g/mol. The van der Waals surface area contributed by atoms with Gasteiger partial charge in [0.15, 0.2) is 0 Å². The van der Waals surface area contributed by atoms with Crippen LogP contribution in [0.5, 0.6) is 0 Å². The molecule has 8 heteroatoms. The lowest BCUT2D eigenvalue weighted by molar-refractivity contribution is -0.118. The van der Waals surface area contributed by atoms with E-state index in [4.69, 9.17) is 16.0 Å². The molecule has 0 saturated heterocycles. The average Bonchev–Trinajstić information content (AvgIpc) is 3.05. The molecule has 27 heavy (non-hydrogen) atoms. The number of nitrogens with one attached hydrogen (secondary N) is 1. The van der Waals surface area contributed by atoms with Gasteiger partial charge in [0.05, 0.1) is 12.0 Å². The van der Waals surface area contributed by atoms with Crippen molar-refractivity contribution < 1.29 is 9.21 Å². The zero-order valence-electron chi connectivity index (χ0n) is 14.1. The van der Waals surface area contributed by atoms with Crippen LogP contribution < -0.4 is 5.43 Å². The van der Waals surface area contributed by atoms with Gasteiger partial charge in [-0.3, -0.25) is 4.79 Å². The van der Waals surface area contributed by atoms with Crippen molar-refractivity contribution in [3.8, 4) is 11.5 Å². The van der Waals surface area contributed by atoms with Gasteiger partial charge in [-0.1, -0.05) is 46.3 Å². The first kappa shape index (κ1) is 19.7. The quantitative estimate of drug-likeness (QED) is 0.388. The van der Waals surface area contributed by atoms with Crippen molar-refractivity contribution in [3.05, 3.63) is 75.5 Å². The van der Waals surface area contributed by atoms with Crippen LogP contribution in [0.15, 0.2) is 68.6 Å². The Balaban J connectivity index is 1.48. The van der Waals surface area contributed by atoms with E-state index >= 15 is 0 Å². The molecule has 2 aromatic carbocycles. The zero-order chi connectivity index (χ0) is 19.1. The van der Waals surface area contributed by atoms with Crippen LogP contribution in [0.25, 0.3) is 11.5 Å². The molecule has 3 aromatic rings. The first-order valence-corrected chi connectivity index (χ1v) is 10.3. The number of carbonyl (C=O) groups is 1. The number of amides is 1. The maximum atomic E-state index is 11.9. The Morgan fingerprint density at radius 2 is 1.96 bits per heavy atom. The third-order valence-electron chi connectivity index (χ3n) is 3.42. The molecule has 1 amide bonds. The smallest absolute Gasteiger partial charge is 0.250 e. The van der Waals surface area contributed by atoms with Crippen LogP contribution in [-0.2, 0) is 10.5 Å². The SMILES string of the molecule is O=C(CSCc1ccc(Br)cc1)N/N=C\c1nc(-c2ccccc2)oc1Cl. The van der Waals surface area contributed by atoms with Gasteiger partial charge in [-0.25, -0.2) is 10.4 Å². The summed E-state index contributed by atoms with van der Waals surface area (Å²) in [4.78, 5) is 16.1. The number of benzene rings is 2. The van der Waals surface area contributed by atoms with Crippen molar-refractivity contribution in [1.82, 2.24) is 10.4 Å². The van der Waals surface area contributed by atoms with Crippen molar-refractivity contribution in [1.29, 1.82) is 0 Å². The summed E-state index contributed by atoms with van der Waals surface area (Å²) in [5.74, 6) is 1.25. The number of rotatable bonds is 7. The molecular formula is C19H15BrClN3O2S. The molecule has 0 saturated carbocycles. The topological polar surface area (TPSA) is 67.5 Å². The van der Waals surface area contributed by atoms with Crippen molar-refractivity contribution in [2.75, 3.05) is 5.75 Å². The van der Waals surface area contributed by atoms with Gasteiger partial charge in [-0.05, 0) is 41.4 Å². The summed E-state index contributed by atoms with van der Waals surface area (Å²) in [6.45, 7) is 0. The van der Waals surface area contributed by atoms with Crippen LogP contribution in [0, 0.1) is 0 Å². The number of nitrogens with zero attached hydrogens (tertiary/aromatic N) is 2. The van der Waals surface area contributed by atoms with E-state index < -0.39 is 0 Å². The van der Waals surface area contributed by atoms with Gasteiger partial charge in [0.25, 0.3) is 0 Å². The number of hydrogen-bond acceptors (Lipinski definition) is 5. The van der Waals surface area contributed by atoms with Crippen LogP contribution in [-0.4, -0.2) is 22.9 Å². The second kappa shape index (κ2) is 9.73. The molecule has 1 N–H and O–H groups in total. The minimum Gasteiger partial charge on any atom is -0.424 e. The van der Waals surface area contributed by atoms with E-state index in [1.165, 1.54) is 18.0 Å². The van der Waals surface area contributed by atoms with Crippen molar-refractivity contribution >= 4 is 51.4 Å². The monoisotopic (exact) mass is 463 g/mol. The van der Waals surface area contributed by atoms with E-state index in [1.807, 2.05) is 54.6 Å². The Morgan fingerprint density at radius 3 is 2.70 bits per heavy atom. The van der Waals surface area contributed by atoms with Gasteiger partial charge >= 0.3 is 0 Å². The van der Waals surface area contributed by atoms with Crippen LogP contribution in [0.2, 0.25) is 5.22 Å². The predicted molar refractivity (Wildman–Crippen MR) is 113 cm³/mol. The van der Waals surface area contributed by atoms with Crippen LogP contribution in [0.3, 0.4) is 0 Å². The van der Waals surface area contributed by atoms with E-state index in [-0.39, 0.29) is 11.1 Å². The fraction of sp³-hybridized carbons (Fsp3) is 0.105. The number of oxazole rings is 1. The molecule has 3 rings (SSSR count). The van der Waals surface area contributed by atoms with Gasteiger partial charge < -0.3 is 4.42 Å². The fourth-order valence-electron chi connectivity index (χ4n) is 2.14. The van der Waals surface area contributed by atoms with Crippen molar-refractivity contribution in [3.63, 3.8) is 0 Å². The highest BCUT2D eigenvalue weighted by atomic mass is 79.9. The lowest BCUT2D eigenvalue weighted by Gasteiger charge is -2.01. The highest BCUT2D eigenvalue weighted by molar-refractivity contribution is 9.10. The minimum absolute atomic E-state index is 0.122. The molecule has 1 heterocycles. The second-order valence-electron chi connectivity index (χ2n) is 5.46. The molecule has 0 aliphatic rings. The first-order valence-electron chi connectivity index (χ1n) is 7.97. The Morgan fingerprint density at radius 1 is 1.22 bits per heavy atom. The van der Waals surface area contributed by atoms with Gasteiger partial charge in [-0.2, -0.15) is 5.10 Å². The van der Waals surface area contributed by atoms with E-state index in [1.54, 1.807) is 0 Å². The lowest BCUT2D eigenvalue weighted by atomic mass is 10.2. The molecular weight excluding hydrogens is 450 g/mol. The molecule has 0 unspecified atom stereocenters. The summed E-state index contributed by atoms with van der Waals surface area (Å²) in [6.07, 6.45) is 1.37. The maximum absolute atomic E-state index is 11.9. The van der Waals surface area contributed by atoms with E-state index in [0.717, 1.165) is 21.4 Å². The largest absolute Gasteiger partial charge is 0.424 e. The normalized spacial score (nSPS) is 11.0. The summed E-state index contributed by atoms with van der Waals surface area (Å²) in [7, 11) is 0. The molecule has 0 bridgehead atoms. The predicted octanol–water partition coefficient (Wildman–Crippen LogP) is 5.14. The molecule has 0 fully saturated rings. The minimum atomic E-state index is -0.198. The molecule has 0 spiro atoms. The number of hydrogen-bond donors (Lipinski definition) is 1. The summed E-state index contributed by atoms with van der Waals surface area (Å²) in [5.41, 5.74) is 4.79. The van der Waals surface area contributed by atoms with Gasteiger partial charge in [0.2, 0.25) is 17.0 Å².